The molecule has 0 aliphatic heterocycles. The first-order chi connectivity index (χ1) is 9.11. The molecule has 0 spiro atoms. The van der Waals surface area contributed by atoms with Crippen molar-refractivity contribution in [2.75, 3.05) is 12.0 Å². The number of pyridine rings is 1. The van der Waals surface area contributed by atoms with Gasteiger partial charge >= 0.3 is 0 Å². The number of anilines is 1. The van der Waals surface area contributed by atoms with Gasteiger partial charge in [-0.25, -0.2) is 9.37 Å². The zero-order chi connectivity index (χ0) is 13.8. The summed E-state index contributed by atoms with van der Waals surface area (Å²) < 4.78 is 13.7. The van der Waals surface area contributed by atoms with Gasteiger partial charge in [0.25, 0.3) is 5.91 Å². The Morgan fingerprint density at radius 1 is 1.47 bits per heavy atom. The molecule has 2 rings (SSSR count). The molecule has 104 valence electrons. The molecule has 0 radical (unpaired) electrons. The molecule has 3 N–H and O–H groups in total. The van der Waals surface area contributed by atoms with Gasteiger partial charge in [-0.3, -0.25) is 4.79 Å². The van der Waals surface area contributed by atoms with E-state index in [0.29, 0.717) is 5.25 Å². The summed E-state index contributed by atoms with van der Waals surface area (Å²) in [5, 5.41) is 3.56. The van der Waals surface area contributed by atoms with Crippen LogP contribution in [0, 0.1) is 5.82 Å². The van der Waals surface area contributed by atoms with E-state index in [2.05, 4.69) is 16.6 Å². The van der Waals surface area contributed by atoms with E-state index in [1.165, 1.54) is 12.3 Å². The molecule has 1 aliphatic rings. The SMILES string of the molecule is CSC1CCC(NC(=O)c2ccnc(N)c2F)CC1. The number of hydrogen-bond acceptors (Lipinski definition) is 4. The second-order valence-corrected chi connectivity index (χ2v) is 5.88. The smallest absolute Gasteiger partial charge is 0.254 e. The summed E-state index contributed by atoms with van der Waals surface area (Å²) in [6, 6.07) is 1.49. The zero-order valence-electron chi connectivity index (χ0n) is 10.9. The maximum absolute atomic E-state index is 13.7. The van der Waals surface area contributed by atoms with Gasteiger partial charge in [-0.2, -0.15) is 11.8 Å². The molecule has 1 aromatic heterocycles. The van der Waals surface area contributed by atoms with Gasteiger partial charge in [-0.05, 0) is 38.0 Å². The molecule has 1 fully saturated rings. The second-order valence-electron chi connectivity index (χ2n) is 4.74. The fourth-order valence-corrected chi connectivity index (χ4v) is 3.08. The molecule has 0 aromatic carbocycles. The van der Waals surface area contributed by atoms with E-state index in [1.54, 1.807) is 0 Å². The van der Waals surface area contributed by atoms with Gasteiger partial charge in [0.15, 0.2) is 11.6 Å². The number of nitrogens with two attached hydrogens (primary N) is 1. The lowest BCUT2D eigenvalue weighted by molar-refractivity contribution is 0.0924. The van der Waals surface area contributed by atoms with Gasteiger partial charge in [0, 0.05) is 17.5 Å². The highest BCUT2D eigenvalue weighted by Gasteiger charge is 2.23. The van der Waals surface area contributed by atoms with E-state index >= 15 is 0 Å². The van der Waals surface area contributed by atoms with E-state index in [9.17, 15) is 9.18 Å². The molecule has 1 saturated carbocycles. The van der Waals surface area contributed by atoms with E-state index in [0.717, 1.165) is 25.7 Å². The topological polar surface area (TPSA) is 68.0 Å². The maximum Gasteiger partial charge on any atom is 0.254 e. The van der Waals surface area contributed by atoms with Crippen LogP contribution in [0.1, 0.15) is 36.0 Å². The van der Waals surface area contributed by atoms with Crippen molar-refractivity contribution in [1.82, 2.24) is 10.3 Å². The summed E-state index contributed by atoms with van der Waals surface area (Å²) in [5.41, 5.74) is 5.33. The maximum atomic E-state index is 13.7. The first-order valence-corrected chi connectivity index (χ1v) is 7.64. The summed E-state index contributed by atoms with van der Waals surface area (Å²) in [6.07, 6.45) is 7.52. The third-order valence-electron chi connectivity index (χ3n) is 3.50. The lowest BCUT2D eigenvalue weighted by Crippen LogP contribution is -2.38. The van der Waals surface area contributed by atoms with Crippen molar-refractivity contribution in [3.63, 3.8) is 0 Å². The van der Waals surface area contributed by atoms with Gasteiger partial charge < -0.3 is 11.1 Å². The minimum Gasteiger partial charge on any atom is -0.381 e. The number of aromatic nitrogens is 1. The first kappa shape index (κ1) is 14.1. The van der Waals surface area contributed by atoms with Crippen molar-refractivity contribution in [2.24, 2.45) is 0 Å². The van der Waals surface area contributed by atoms with Gasteiger partial charge in [0.1, 0.15) is 0 Å². The zero-order valence-corrected chi connectivity index (χ0v) is 11.7. The van der Waals surface area contributed by atoms with Crippen molar-refractivity contribution < 1.29 is 9.18 Å². The van der Waals surface area contributed by atoms with Crippen molar-refractivity contribution >= 4 is 23.5 Å². The Bertz CT molecular complexity index is 461. The quantitative estimate of drug-likeness (QED) is 0.892. The van der Waals surface area contributed by atoms with Crippen molar-refractivity contribution in [1.29, 1.82) is 0 Å². The molecule has 19 heavy (non-hydrogen) atoms. The lowest BCUT2D eigenvalue weighted by atomic mass is 9.94. The molecule has 0 bridgehead atoms. The van der Waals surface area contributed by atoms with E-state index in [1.807, 2.05) is 11.8 Å². The fourth-order valence-electron chi connectivity index (χ4n) is 2.34. The minimum atomic E-state index is -0.738. The van der Waals surface area contributed by atoms with E-state index < -0.39 is 11.7 Å². The Morgan fingerprint density at radius 3 is 2.79 bits per heavy atom. The van der Waals surface area contributed by atoms with Crippen LogP contribution in [-0.4, -0.2) is 28.4 Å². The van der Waals surface area contributed by atoms with Crippen LogP contribution in [-0.2, 0) is 0 Å². The number of thioether (sulfide) groups is 1. The lowest BCUT2D eigenvalue weighted by Gasteiger charge is -2.28. The average molecular weight is 283 g/mol. The van der Waals surface area contributed by atoms with Crippen LogP contribution in [0.3, 0.4) is 0 Å². The van der Waals surface area contributed by atoms with E-state index in [4.69, 9.17) is 5.73 Å². The number of hydrogen-bond donors (Lipinski definition) is 2. The standard InChI is InChI=1S/C13H18FN3OS/c1-19-9-4-2-8(3-5-9)17-13(18)10-6-7-16-12(15)11(10)14/h6-9H,2-5H2,1H3,(H2,15,16)(H,17,18). The molecule has 1 amide bonds. The summed E-state index contributed by atoms with van der Waals surface area (Å²) in [5.74, 6) is -1.38. The number of rotatable bonds is 3. The molecule has 6 heteroatoms. The van der Waals surface area contributed by atoms with Crippen molar-refractivity contribution in [3.05, 3.63) is 23.6 Å². The van der Waals surface area contributed by atoms with Gasteiger partial charge in [0.2, 0.25) is 0 Å². The van der Waals surface area contributed by atoms with Crippen LogP contribution in [0.4, 0.5) is 10.2 Å². The van der Waals surface area contributed by atoms with Gasteiger partial charge in [-0.15, -0.1) is 0 Å². The molecule has 1 heterocycles. The van der Waals surface area contributed by atoms with Gasteiger partial charge in [-0.1, -0.05) is 0 Å². The largest absolute Gasteiger partial charge is 0.381 e. The Balaban J connectivity index is 1.96. The van der Waals surface area contributed by atoms with Crippen LogP contribution >= 0.6 is 11.8 Å². The summed E-state index contributed by atoms with van der Waals surface area (Å²) in [4.78, 5) is 15.6. The predicted octanol–water partition coefficient (Wildman–Crippen LogP) is 2.21. The summed E-state index contributed by atoms with van der Waals surface area (Å²) in [7, 11) is 0. The highest BCUT2D eigenvalue weighted by Crippen LogP contribution is 2.27. The Hall–Kier alpha value is -1.30. The molecule has 1 aromatic rings. The Morgan fingerprint density at radius 2 is 2.16 bits per heavy atom. The molecule has 0 unspecified atom stereocenters. The average Bonchev–Trinajstić information content (AvgIpc) is 2.42. The Kier molecular flexibility index (Phi) is 4.63. The predicted molar refractivity (Wildman–Crippen MR) is 75.6 cm³/mol. The molecule has 0 atom stereocenters. The number of carbonyl (C=O) groups excluding carboxylic acids is 1. The first-order valence-electron chi connectivity index (χ1n) is 6.35. The monoisotopic (exact) mass is 283 g/mol. The number of carbonyl (C=O) groups is 1. The van der Waals surface area contributed by atoms with Crippen LogP contribution in [0.5, 0.6) is 0 Å². The third kappa shape index (κ3) is 3.37. The number of nitrogens with one attached hydrogen (secondary N) is 1. The number of amides is 1. The normalized spacial score (nSPS) is 23.1. The van der Waals surface area contributed by atoms with E-state index in [-0.39, 0.29) is 17.4 Å². The van der Waals surface area contributed by atoms with Crippen LogP contribution in [0.2, 0.25) is 0 Å². The van der Waals surface area contributed by atoms with Crippen LogP contribution in [0.15, 0.2) is 12.3 Å². The van der Waals surface area contributed by atoms with Crippen molar-refractivity contribution in [2.45, 2.75) is 37.0 Å². The highest BCUT2D eigenvalue weighted by atomic mass is 32.2. The number of halogens is 1. The molecule has 0 saturated heterocycles. The van der Waals surface area contributed by atoms with Crippen molar-refractivity contribution in [3.8, 4) is 0 Å². The molecule has 1 aliphatic carbocycles. The second kappa shape index (κ2) is 6.23. The van der Waals surface area contributed by atoms with Crippen LogP contribution < -0.4 is 11.1 Å². The Labute approximate surface area is 116 Å². The third-order valence-corrected chi connectivity index (χ3v) is 4.64. The summed E-state index contributed by atoms with van der Waals surface area (Å²) in [6.45, 7) is 0. The molecular weight excluding hydrogens is 265 g/mol. The summed E-state index contributed by atoms with van der Waals surface area (Å²) >= 11 is 1.87. The van der Waals surface area contributed by atoms with Crippen LogP contribution in [0.25, 0.3) is 0 Å². The minimum absolute atomic E-state index is 0.0283. The number of nitrogen functional groups attached to an aromatic ring is 1. The van der Waals surface area contributed by atoms with Gasteiger partial charge in [0.05, 0.1) is 5.56 Å². The molecular formula is C13H18FN3OS. The fraction of sp³-hybridized carbons (Fsp3) is 0.538. The highest BCUT2D eigenvalue weighted by molar-refractivity contribution is 7.99. The molecule has 4 nitrogen and oxygen atoms in total. The number of nitrogens with zero attached hydrogens (tertiary/aromatic N) is 1.